The molecule has 1 rings (SSSR count). The average Bonchev–Trinajstić information content (AvgIpc) is 2.28. The Hall–Kier alpha value is -1.96. The molecule has 1 aromatic rings. The number of nitrogens with two attached hydrogens (primary N) is 1. The molecular weight excluding hydrogens is 238 g/mol. The predicted octanol–water partition coefficient (Wildman–Crippen LogP) is 0.930. The van der Waals surface area contributed by atoms with Gasteiger partial charge in [0.05, 0.1) is 4.92 Å². The molecule has 100 valence electrons. The Morgan fingerprint density at radius 1 is 1.61 bits per heavy atom. The maximum absolute atomic E-state index is 10.9. The molecular formula is C10H17N5O3. The molecule has 0 bridgehead atoms. The Bertz CT molecular complexity index is 440. The second-order valence-electron chi connectivity index (χ2n) is 4.23. The van der Waals surface area contributed by atoms with Crippen LogP contribution in [-0.2, 0) is 0 Å². The van der Waals surface area contributed by atoms with E-state index in [-0.39, 0.29) is 23.9 Å². The van der Waals surface area contributed by atoms with Gasteiger partial charge in [0.25, 0.3) is 0 Å². The van der Waals surface area contributed by atoms with E-state index in [2.05, 4.69) is 15.3 Å². The first-order valence-corrected chi connectivity index (χ1v) is 5.57. The fraction of sp³-hybridized carbons (Fsp3) is 0.600. The second-order valence-corrected chi connectivity index (χ2v) is 4.23. The van der Waals surface area contributed by atoms with Crippen LogP contribution in [0.4, 0.5) is 17.3 Å². The highest BCUT2D eigenvalue weighted by Crippen LogP contribution is 2.30. The molecule has 0 aliphatic heterocycles. The van der Waals surface area contributed by atoms with Crippen LogP contribution < -0.4 is 11.1 Å². The van der Waals surface area contributed by atoms with Crippen molar-refractivity contribution in [2.75, 3.05) is 17.7 Å². The van der Waals surface area contributed by atoms with Crippen LogP contribution in [0.1, 0.15) is 26.7 Å². The van der Waals surface area contributed by atoms with Crippen molar-refractivity contribution in [3.63, 3.8) is 0 Å². The molecule has 1 atom stereocenters. The highest BCUT2D eigenvalue weighted by molar-refractivity contribution is 5.67. The Morgan fingerprint density at radius 3 is 2.78 bits per heavy atom. The number of nitrogens with zero attached hydrogens (tertiary/aromatic N) is 3. The maximum Gasteiger partial charge on any atom is 0.353 e. The van der Waals surface area contributed by atoms with E-state index in [1.807, 2.05) is 13.8 Å². The standard InChI is InChI=1S/C10H17N5O3/c1-3-10(2,4-5-16)14-9-7(15(17)18)8(11)12-6-13-9/h6,16H,3-5H2,1-2H3,(H3,11,12,13,14). The van der Waals surface area contributed by atoms with E-state index >= 15 is 0 Å². The van der Waals surface area contributed by atoms with E-state index in [1.54, 1.807) is 0 Å². The van der Waals surface area contributed by atoms with Crippen molar-refractivity contribution in [1.29, 1.82) is 0 Å². The molecule has 0 amide bonds. The van der Waals surface area contributed by atoms with Gasteiger partial charge < -0.3 is 16.2 Å². The molecule has 0 saturated heterocycles. The third-order valence-corrected chi connectivity index (χ3v) is 2.90. The van der Waals surface area contributed by atoms with E-state index < -0.39 is 10.5 Å². The van der Waals surface area contributed by atoms with Crippen LogP contribution in [0.15, 0.2) is 6.33 Å². The van der Waals surface area contributed by atoms with Crippen molar-refractivity contribution in [2.45, 2.75) is 32.2 Å². The van der Waals surface area contributed by atoms with Gasteiger partial charge >= 0.3 is 5.69 Å². The SMILES string of the molecule is CCC(C)(CCO)Nc1ncnc(N)c1[N+](=O)[O-]. The lowest BCUT2D eigenvalue weighted by molar-refractivity contribution is -0.383. The minimum absolute atomic E-state index is 0.0221. The van der Waals surface area contributed by atoms with Crippen LogP contribution in [-0.4, -0.2) is 32.1 Å². The molecule has 0 saturated carbocycles. The van der Waals surface area contributed by atoms with Crippen molar-refractivity contribution in [2.24, 2.45) is 0 Å². The molecule has 8 heteroatoms. The summed E-state index contributed by atoms with van der Waals surface area (Å²) in [6.07, 6.45) is 2.29. The number of rotatable bonds is 6. The first kappa shape index (κ1) is 14.1. The molecule has 18 heavy (non-hydrogen) atoms. The lowest BCUT2D eigenvalue weighted by Gasteiger charge is -2.29. The number of aliphatic hydroxyl groups is 1. The molecule has 1 unspecified atom stereocenters. The average molecular weight is 255 g/mol. The van der Waals surface area contributed by atoms with Gasteiger partial charge in [-0.2, -0.15) is 0 Å². The molecule has 1 aromatic heterocycles. The molecule has 1 heterocycles. The summed E-state index contributed by atoms with van der Waals surface area (Å²) in [7, 11) is 0. The predicted molar refractivity (Wildman–Crippen MR) is 67.1 cm³/mol. The highest BCUT2D eigenvalue weighted by atomic mass is 16.6. The van der Waals surface area contributed by atoms with E-state index in [4.69, 9.17) is 10.8 Å². The molecule has 4 N–H and O–H groups in total. The zero-order valence-electron chi connectivity index (χ0n) is 10.4. The summed E-state index contributed by atoms with van der Waals surface area (Å²) in [5.74, 6) is -0.106. The van der Waals surface area contributed by atoms with Crippen LogP contribution >= 0.6 is 0 Å². The molecule has 0 aliphatic rings. The number of hydrogen-bond acceptors (Lipinski definition) is 7. The summed E-state index contributed by atoms with van der Waals surface area (Å²) in [4.78, 5) is 17.8. The summed E-state index contributed by atoms with van der Waals surface area (Å²) in [6.45, 7) is 3.75. The van der Waals surface area contributed by atoms with E-state index in [0.717, 1.165) is 0 Å². The van der Waals surface area contributed by atoms with Gasteiger partial charge in [-0.3, -0.25) is 10.1 Å². The van der Waals surface area contributed by atoms with Crippen LogP contribution in [0.5, 0.6) is 0 Å². The Balaban J connectivity index is 3.10. The maximum atomic E-state index is 10.9. The third-order valence-electron chi connectivity index (χ3n) is 2.90. The van der Waals surface area contributed by atoms with Crippen LogP contribution in [0.25, 0.3) is 0 Å². The number of aliphatic hydroxyl groups excluding tert-OH is 1. The number of nitrogens with one attached hydrogen (secondary N) is 1. The van der Waals surface area contributed by atoms with E-state index in [1.165, 1.54) is 6.33 Å². The number of nitrogen functional groups attached to an aromatic ring is 1. The summed E-state index contributed by atoms with van der Waals surface area (Å²) < 4.78 is 0. The van der Waals surface area contributed by atoms with E-state index in [0.29, 0.717) is 12.8 Å². The van der Waals surface area contributed by atoms with Crippen molar-refractivity contribution < 1.29 is 10.0 Å². The molecule has 0 fully saturated rings. The number of hydrogen-bond donors (Lipinski definition) is 3. The van der Waals surface area contributed by atoms with Crippen molar-refractivity contribution in [3.05, 3.63) is 16.4 Å². The van der Waals surface area contributed by atoms with Gasteiger partial charge in [-0.1, -0.05) is 6.92 Å². The number of nitro groups is 1. The highest BCUT2D eigenvalue weighted by Gasteiger charge is 2.28. The Morgan fingerprint density at radius 2 is 2.28 bits per heavy atom. The molecule has 0 radical (unpaired) electrons. The molecule has 0 spiro atoms. The normalized spacial score (nSPS) is 13.9. The van der Waals surface area contributed by atoms with Crippen molar-refractivity contribution >= 4 is 17.3 Å². The van der Waals surface area contributed by atoms with Gasteiger partial charge in [-0.05, 0) is 19.8 Å². The number of aromatic nitrogens is 2. The zero-order valence-corrected chi connectivity index (χ0v) is 10.4. The Labute approximate surface area is 104 Å². The first-order chi connectivity index (χ1) is 8.43. The van der Waals surface area contributed by atoms with Crippen molar-refractivity contribution in [3.8, 4) is 0 Å². The van der Waals surface area contributed by atoms with Crippen molar-refractivity contribution in [1.82, 2.24) is 9.97 Å². The summed E-state index contributed by atoms with van der Waals surface area (Å²) in [6, 6.07) is 0. The minimum atomic E-state index is -0.618. The lowest BCUT2D eigenvalue weighted by atomic mass is 9.95. The second kappa shape index (κ2) is 5.58. The number of anilines is 2. The van der Waals surface area contributed by atoms with Crippen LogP contribution in [0, 0.1) is 10.1 Å². The van der Waals surface area contributed by atoms with Gasteiger partial charge in [0.1, 0.15) is 6.33 Å². The van der Waals surface area contributed by atoms with Crippen LogP contribution in [0.2, 0.25) is 0 Å². The monoisotopic (exact) mass is 255 g/mol. The topological polar surface area (TPSA) is 127 Å². The van der Waals surface area contributed by atoms with Gasteiger partial charge in [0.2, 0.25) is 11.6 Å². The lowest BCUT2D eigenvalue weighted by Crippen LogP contribution is -2.35. The molecule has 0 aromatic carbocycles. The summed E-state index contributed by atoms with van der Waals surface area (Å²) in [5, 5.41) is 22.9. The smallest absolute Gasteiger partial charge is 0.353 e. The van der Waals surface area contributed by atoms with E-state index in [9.17, 15) is 10.1 Å². The summed E-state index contributed by atoms with van der Waals surface area (Å²) in [5.41, 5.74) is 4.65. The fourth-order valence-electron chi connectivity index (χ4n) is 1.52. The third kappa shape index (κ3) is 3.04. The zero-order chi connectivity index (χ0) is 13.8. The summed E-state index contributed by atoms with van der Waals surface area (Å²) >= 11 is 0. The quantitative estimate of drug-likeness (QED) is 0.509. The fourth-order valence-corrected chi connectivity index (χ4v) is 1.52. The Kier molecular flexibility index (Phi) is 4.38. The molecule has 8 nitrogen and oxygen atoms in total. The minimum Gasteiger partial charge on any atom is -0.396 e. The van der Waals surface area contributed by atoms with Crippen LogP contribution in [0.3, 0.4) is 0 Å². The first-order valence-electron chi connectivity index (χ1n) is 5.57. The molecule has 0 aliphatic carbocycles. The largest absolute Gasteiger partial charge is 0.396 e. The van der Waals surface area contributed by atoms with Gasteiger partial charge in [0.15, 0.2) is 0 Å². The van der Waals surface area contributed by atoms with Gasteiger partial charge in [-0.25, -0.2) is 9.97 Å². The van der Waals surface area contributed by atoms with Gasteiger partial charge in [-0.15, -0.1) is 0 Å². The van der Waals surface area contributed by atoms with Gasteiger partial charge in [0, 0.05) is 12.1 Å².